The molecule has 1 aliphatic rings. The van der Waals surface area contributed by atoms with Crippen LogP contribution in [0.1, 0.15) is 53.3 Å². The second-order valence-electron chi connectivity index (χ2n) is 8.50. The molecule has 1 saturated carbocycles. The number of carboxylic acids is 1. The maximum Gasteiger partial charge on any atom is 0.434 e. The highest BCUT2D eigenvalue weighted by Gasteiger charge is 2.33. The van der Waals surface area contributed by atoms with Gasteiger partial charge in [-0.15, -0.1) is 0 Å². The van der Waals surface area contributed by atoms with Crippen molar-refractivity contribution < 1.29 is 27.9 Å². The van der Waals surface area contributed by atoms with Crippen LogP contribution in [0.15, 0.2) is 67.4 Å². The van der Waals surface area contributed by atoms with Crippen LogP contribution in [0.2, 0.25) is 0 Å². The van der Waals surface area contributed by atoms with Crippen LogP contribution in [0.25, 0.3) is 5.82 Å². The summed E-state index contributed by atoms with van der Waals surface area (Å²) in [5, 5.41) is 14.5. The van der Waals surface area contributed by atoms with Gasteiger partial charge in [-0.25, -0.2) is 14.8 Å². The van der Waals surface area contributed by atoms with E-state index in [1.54, 1.807) is 30.5 Å². The molecule has 8 nitrogen and oxygen atoms in total. The molecule has 1 fully saturated rings. The smallest absolute Gasteiger partial charge is 0.434 e. The number of hydrogen-bond donors (Lipinski definition) is 3. The fraction of sp³-hybridized carbons (Fsp3) is 0.280. The zero-order chi connectivity index (χ0) is 25.7. The molecule has 2 heterocycles. The van der Waals surface area contributed by atoms with Gasteiger partial charge in [-0.1, -0.05) is 25.0 Å². The molecule has 188 valence electrons. The summed E-state index contributed by atoms with van der Waals surface area (Å²) in [5.74, 6) is -0.897. The first kappa shape index (κ1) is 25.0. The van der Waals surface area contributed by atoms with Gasteiger partial charge in [-0.05, 0) is 48.6 Å². The number of anilines is 1. The highest BCUT2D eigenvalue weighted by Crippen LogP contribution is 2.38. The van der Waals surface area contributed by atoms with Crippen LogP contribution < -0.4 is 10.6 Å². The molecule has 0 unspecified atom stereocenters. The lowest BCUT2D eigenvalue weighted by molar-refractivity contribution is -0.141. The number of aromatic nitrogens is 3. The van der Waals surface area contributed by atoms with Crippen LogP contribution in [-0.4, -0.2) is 31.5 Å². The number of halogens is 3. The van der Waals surface area contributed by atoms with E-state index in [2.05, 4.69) is 20.6 Å². The summed E-state index contributed by atoms with van der Waals surface area (Å²) >= 11 is 0. The van der Waals surface area contributed by atoms with Crippen LogP contribution in [0.3, 0.4) is 0 Å². The number of carbonyl (C=O) groups is 2. The maximum absolute atomic E-state index is 12.8. The van der Waals surface area contributed by atoms with Gasteiger partial charge < -0.3 is 15.7 Å². The lowest BCUT2D eigenvalue weighted by Gasteiger charge is -2.26. The van der Waals surface area contributed by atoms with Crippen LogP contribution >= 0.6 is 0 Å². The molecule has 0 radical (unpaired) electrons. The Morgan fingerprint density at radius 2 is 1.81 bits per heavy atom. The third-order valence-corrected chi connectivity index (χ3v) is 6.05. The number of nitrogens with zero attached hydrogens (tertiary/aromatic N) is 3. The Morgan fingerprint density at radius 1 is 1.08 bits per heavy atom. The van der Waals surface area contributed by atoms with Crippen molar-refractivity contribution in [2.45, 2.75) is 37.9 Å². The minimum absolute atomic E-state index is 0.0470. The van der Waals surface area contributed by atoms with Crippen LogP contribution in [0, 0.1) is 5.92 Å². The molecule has 0 saturated heterocycles. The van der Waals surface area contributed by atoms with Crippen molar-refractivity contribution in [2.24, 2.45) is 5.92 Å². The van der Waals surface area contributed by atoms with E-state index in [0.29, 0.717) is 23.0 Å². The Bertz CT molecular complexity index is 1230. The highest BCUT2D eigenvalue weighted by atomic mass is 19.4. The van der Waals surface area contributed by atoms with Crippen LogP contribution in [0.5, 0.6) is 0 Å². The van der Waals surface area contributed by atoms with E-state index in [9.17, 15) is 22.8 Å². The number of alkyl halides is 3. The minimum Gasteiger partial charge on any atom is -0.478 e. The third kappa shape index (κ3) is 6.09. The molecule has 1 amide bonds. The third-order valence-electron chi connectivity index (χ3n) is 6.05. The molecular weight excluding hydrogens is 475 g/mol. The van der Waals surface area contributed by atoms with Crippen molar-refractivity contribution in [1.82, 2.24) is 19.9 Å². The Hall–Kier alpha value is -4.15. The van der Waals surface area contributed by atoms with E-state index < -0.39 is 23.7 Å². The largest absolute Gasteiger partial charge is 0.478 e. The van der Waals surface area contributed by atoms with E-state index in [1.165, 1.54) is 4.57 Å². The van der Waals surface area contributed by atoms with E-state index >= 15 is 0 Å². The van der Waals surface area contributed by atoms with Gasteiger partial charge in [-0.2, -0.15) is 13.2 Å². The average Bonchev–Trinajstić information content (AvgIpc) is 3.55. The van der Waals surface area contributed by atoms with Crippen molar-refractivity contribution in [3.63, 3.8) is 0 Å². The molecule has 3 N–H and O–H groups in total. The van der Waals surface area contributed by atoms with Crippen LogP contribution in [0.4, 0.5) is 18.9 Å². The first-order valence-corrected chi connectivity index (χ1v) is 11.3. The molecule has 0 aliphatic heterocycles. The molecular formula is C25H24F3N5O3. The van der Waals surface area contributed by atoms with Crippen LogP contribution in [-0.2, 0) is 11.0 Å². The summed E-state index contributed by atoms with van der Waals surface area (Å²) in [6.45, 7) is 0. The minimum atomic E-state index is -4.52. The van der Waals surface area contributed by atoms with Gasteiger partial charge in [0, 0.05) is 24.0 Å². The number of aliphatic carboxylic acids is 1. The number of hydrogen-bond acceptors (Lipinski definition) is 5. The molecule has 1 aliphatic carbocycles. The summed E-state index contributed by atoms with van der Waals surface area (Å²) in [6.07, 6.45) is 5.27. The van der Waals surface area contributed by atoms with Gasteiger partial charge in [-0.3, -0.25) is 9.36 Å². The first-order valence-electron chi connectivity index (χ1n) is 11.3. The lowest BCUT2D eigenvalue weighted by atomic mass is 9.91. The number of rotatable bonds is 8. The average molecular weight is 499 g/mol. The summed E-state index contributed by atoms with van der Waals surface area (Å²) in [4.78, 5) is 30.4. The number of imidazole rings is 1. The number of benzene rings is 1. The fourth-order valence-electron chi connectivity index (χ4n) is 4.28. The lowest BCUT2D eigenvalue weighted by Crippen LogP contribution is -2.20. The van der Waals surface area contributed by atoms with E-state index in [1.807, 2.05) is 12.1 Å². The maximum atomic E-state index is 12.8. The predicted octanol–water partition coefficient (Wildman–Crippen LogP) is 4.96. The van der Waals surface area contributed by atoms with E-state index in [0.717, 1.165) is 56.0 Å². The second kappa shape index (κ2) is 10.6. The predicted molar refractivity (Wildman–Crippen MR) is 125 cm³/mol. The van der Waals surface area contributed by atoms with Gasteiger partial charge >= 0.3 is 12.1 Å². The summed E-state index contributed by atoms with van der Waals surface area (Å²) in [6, 6.07) is 10.4. The molecule has 1 aromatic carbocycles. The molecule has 3 aromatic rings. The normalized spacial score (nSPS) is 15.2. The SMILES string of the molecule is O=C(O)C=CNC(=O)c1ccc([C@H](Nc2ccc(-n3cnc(C(F)(F)F)c3)nc2)C2CCCC2)cc1. The van der Waals surface area contributed by atoms with Gasteiger partial charge in [0.25, 0.3) is 5.91 Å². The molecule has 36 heavy (non-hydrogen) atoms. The van der Waals surface area contributed by atoms with Crippen molar-refractivity contribution in [3.8, 4) is 5.82 Å². The second-order valence-corrected chi connectivity index (χ2v) is 8.50. The number of pyridine rings is 1. The Balaban J connectivity index is 1.49. The summed E-state index contributed by atoms with van der Waals surface area (Å²) in [5.41, 5.74) is 1.10. The molecule has 11 heteroatoms. The van der Waals surface area contributed by atoms with Gasteiger partial charge in [0.05, 0.1) is 17.9 Å². The molecule has 0 spiro atoms. The number of nitrogens with one attached hydrogen (secondary N) is 2. The summed E-state index contributed by atoms with van der Waals surface area (Å²) < 4.78 is 39.7. The van der Waals surface area contributed by atoms with Gasteiger partial charge in [0.1, 0.15) is 12.1 Å². The van der Waals surface area contributed by atoms with Gasteiger partial charge in [0.15, 0.2) is 5.69 Å². The van der Waals surface area contributed by atoms with Gasteiger partial charge in [0.2, 0.25) is 0 Å². The van der Waals surface area contributed by atoms with Crippen molar-refractivity contribution in [2.75, 3.05) is 5.32 Å². The zero-order valence-corrected chi connectivity index (χ0v) is 19.1. The molecule has 1 atom stereocenters. The van der Waals surface area contributed by atoms with E-state index in [4.69, 9.17) is 5.11 Å². The molecule has 4 rings (SSSR count). The highest BCUT2D eigenvalue weighted by molar-refractivity contribution is 5.95. The molecule has 0 bridgehead atoms. The Kier molecular flexibility index (Phi) is 7.37. The number of amides is 1. The quantitative estimate of drug-likeness (QED) is 0.378. The van der Waals surface area contributed by atoms with Crippen molar-refractivity contribution >= 4 is 17.6 Å². The number of carboxylic acid groups (broad SMARTS) is 1. The van der Waals surface area contributed by atoms with Crippen molar-refractivity contribution in [1.29, 1.82) is 0 Å². The zero-order valence-electron chi connectivity index (χ0n) is 19.1. The first-order chi connectivity index (χ1) is 17.2. The Morgan fingerprint density at radius 3 is 2.39 bits per heavy atom. The van der Waals surface area contributed by atoms with E-state index in [-0.39, 0.29) is 6.04 Å². The standard InChI is InChI=1S/C25H24F3N5O3/c26-25(27,28)20-14-33(15-31-20)21-10-9-19(13-30-21)32-23(16-3-1-2-4-16)17-5-7-18(8-6-17)24(36)29-12-11-22(34)35/h5-16,23,32H,1-4H2,(H,29,36)(H,34,35)/t23-/m1/s1. The van der Waals surface area contributed by atoms with Crippen molar-refractivity contribution in [3.05, 3.63) is 84.2 Å². The molecule has 2 aromatic heterocycles. The summed E-state index contributed by atoms with van der Waals surface area (Å²) in [7, 11) is 0. The number of carbonyl (C=O) groups excluding carboxylic acids is 1. The fourth-order valence-corrected chi connectivity index (χ4v) is 4.28. The monoisotopic (exact) mass is 499 g/mol. The topological polar surface area (TPSA) is 109 Å². The Labute approximate surface area is 204 Å².